The summed E-state index contributed by atoms with van der Waals surface area (Å²) >= 11 is 0. The number of furan rings is 1. The number of amides is 1. The zero-order valence-corrected chi connectivity index (χ0v) is 16.5. The lowest BCUT2D eigenvalue weighted by Crippen LogP contribution is -2.30. The minimum Gasteiger partial charge on any atom is -0.494 e. The molecular formula is C23H21N3O4. The van der Waals surface area contributed by atoms with Gasteiger partial charge in [0, 0.05) is 30.1 Å². The minimum absolute atomic E-state index is 0.188. The van der Waals surface area contributed by atoms with Crippen LogP contribution in [0.4, 0.5) is 0 Å². The SMILES string of the molecule is CCOc1ccc(-c2cc(=O)n(CCNC(=O)c3cc4ccccc4o3)cn2)cc1. The van der Waals surface area contributed by atoms with Crippen LogP contribution >= 0.6 is 0 Å². The monoisotopic (exact) mass is 403 g/mol. The number of carbonyl (C=O) groups is 1. The first-order valence-corrected chi connectivity index (χ1v) is 9.70. The van der Waals surface area contributed by atoms with Gasteiger partial charge in [0.05, 0.1) is 18.6 Å². The van der Waals surface area contributed by atoms with E-state index in [4.69, 9.17) is 9.15 Å². The van der Waals surface area contributed by atoms with Crippen molar-refractivity contribution in [3.63, 3.8) is 0 Å². The molecule has 0 radical (unpaired) electrons. The summed E-state index contributed by atoms with van der Waals surface area (Å²) < 4.78 is 12.4. The van der Waals surface area contributed by atoms with Gasteiger partial charge >= 0.3 is 0 Å². The fraction of sp³-hybridized carbons (Fsp3) is 0.174. The number of ether oxygens (including phenoxy) is 1. The van der Waals surface area contributed by atoms with Gasteiger partial charge in [-0.05, 0) is 43.3 Å². The molecule has 2 heterocycles. The highest BCUT2D eigenvalue weighted by molar-refractivity contribution is 5.96. The fourth-order valence-corrected chi connectivity index (χ4v) is 3.11. The molecule has 0 unspecified atom stereocenters. The molecule has 0 spiro atoms. The number of aromatic nitrogens is 2. The van der Waals surface area contributed by atoms with E-state index in [0.717, 1.165) is 16.7 Å². The molecule has 4 rings (SSSR count). The lowest BCUT2D eigenvalue weighted by molar-refractivity contribution is 0.0926. The smallest absolute Gasteiger partial charge is 0.287 e. The molecule has 1 amide bonds. The van der Waals surface area contributed by atoms with Crippen LogP contribution in [0.2, 0.25) is 0 Å². The molecule has 30 heavy (non-hydrogen) atoms. The third-order valence-corrected chi connectivity index (χ3v) is 4.63. The zero-order valence-electron chi connectivity index (χ0n) is 16.5. The Bertz CT molecular complexity index is 1190. The summed E-state index contributed by atoms with van der Waals surface area (Å²) in [6, 6.07) is 18.0. The molecule has 0 aliphatic rings. The average Bonchev–Trinajstić information content (AvgIpc) is 3.20. The molecule has 152 valence electrons. The van der Waals surface area contributed by atoms with Crippen molar-refractivity contribution in [2.75, 3.05) is 13.2 Å². The van der Waals surface area contributed by atoms with Crippen molar-refractivity contribution in [1.29, 1.82) is 0 Å². The van der Waals surface area contributed by atoms with E-state index in [-0.39, 0.29) is 23.8 Å². The molecule has 2 aromatic carbocycles. The topological polar surface area (TPSA) is 86.4 Å². The quantitative estimate of drug-likeness (QED) is 0.511. The highest BCUT2D eigenvalue weighted by Gasteiger charge is 2.11. The van der Waals surface area contributed by atoms with Crippen LogP contribution in [-0.2, 0) is 6.54 Å². The van der Waals surface area contributed by atoms with Gasteiger partial charge in [0.25, 0.3) is 11.5 Å². The van der Waals surface area contributed by atoms with E-state index < -0.39 is 0 Å². The molecule has 0 atom stereocenters. The molecule has 0 bridgehead atoms. The van der Waals surface area contributed by atoms with E-state index in [1.54, 1.807) is 6.07 Å². The molecular weight excluding hydrogens is 382 g/mol. The average molecular weight is 403 g/mol. The van der Waals surface area contributed by atoms with E-state index in [1.165, 1.54) is 17.0 Å². The lowest BCUT2D eigenvalue weighted by atomic mass is 10.1. The number of fused-ring (bicyclic) bond motifs is 1. The van der Waals surface area contributed by atoms with Crippen LogP contribution in [0, 0.1) is 0 Å². The summed E-state index contributed by atoms with van der Waals surface area (Å²) in [5, 5.41) is 3.63. The van der Waals surface area contributed by atoms with Crippen LogP contribution in [0.5, 0.6) is 5.75 Å². The van der Waals surface area contributed by atoms with Crippen LogP contribution in [0.25, 0.3) is 22.2 Å². The highest BCUT2D eigenvalue weighted by Crippen LogP contribution is 2.20. The second-order valence-electron chi connectivity index (χ2n) is 6.67. The summed E-state index contributed by atoms with van der Waals surface area (Å²) in [6.45, 7) is 3.11. The van der Waals surface area contributed by atoms with E-state index >= 15 is 0 Å². The molecule has 7 nitrogen and oxygen atoms in total. The number of benzene rings is 2. The fourth-order valence-electron chi connectivity index (χ4n) is 3.11. The van der Waals surface area contributed by atoms with Gasteiger partial charge in [-0.25, -0.2) is 4.98 Å². The van der Waals surface area contributed by atoms with Gasteiger partial charge in [0.15, 0.2) is 5.76 Å². The standard InChI is InChI=1S/C23H21N3O4/c1-2-29-18-9-7-16(8-10-18)19-14-22(27)26(15-25-19)12-11-24-23(28)21-13-17-5-3-4-6-20(17)30-21/h3-10,13-15H,2,11-12H2,1H3,(H,24,28). The van der Waals surface area contributed by atoms with Gasteiger partial charge in [0.2, 0.25) is 0 Å². The van der Waals surface area contributed by atoms with Gasteiger partial charge in [0.1, 0.15) is 11.3 Å². The number of nitrogens with one attached hydrogen (secondary N) is 1. The van der Waals surface area contributed by atoms with Gasteiger partial charge in [-0.15, -0.1) is 0 Å². The molecule has 1 N–H and O–H groups in total. The summed E-state index contributed by atoms with van der Waals surface area (Å²) in [6.07, 6.45) is 1.49. The first kappa shape index (κ1) is 19.4. The third-order valence-electron chi connectivity index (χ3n) is 4.63. The molecule has 0 aliphatic carbocycles. The van der Waals surface area contributed by atoms with Crippen LogP contribution in [-0.4, -0.2) is 28.6 Å². The third kappa shape index (κ3) is 4.25. The van der Waals surface area contributed by atoms with Crippen LogP contribution < -0.4 is 15.6 Å². The number of para-hydroxylation sites is 1. The number of carbonyl (C=O) groups excluding carboxylic acids is 1. The second kappa shape index (κ2) is 8.65. The number of rotatable bonds is 7. The van der Waals surface area contributed by atoms with Crippen molar-refractivity contribution in [3.05, 3.63) is 83.1 Å². The Morgan fingerprint density at radius 2 is 1.93 bits per heavy atom. The molecule has 0 saturated heterocycles. The van der Waals surface area contributed by atoms with Crippen molar-refractivity contribution in [2.45, 2.75) is 13.5 Å². The molecule has 2 aromatic heterocycles. The van der Waals surface area contributed by atoms with E-state index in [0.29, 0.717) is 24.4 Å². The Balaban J connectivity index is 1.38. The maximum absolute atomic E-state index is 12.4. The van der Waals surface area contributed by atoms with Gasteiger partial charge < -0.3 is 14.5 Å². The normalized spacial score (nSPS) is 10.8. The van der Waals surface area contributed by atoms with Gasteiger partial charge in [-0.2, -0.15) is 0 Å². The highest BCUT2D eigenvalue weighted by atomic mass is 16.5. The second-order valence-corrected chi connectivity index (χ2v) is 6.67. The zero-order chi connectivity index (χ0) is 20.9. The Hall–Kier alpha value is -3.87. The Morgan fingerprint density at radius 3 is 2.67 bits per heavy atom. The molecule has 7 heteroatoms. The molecule has 0 aliphatic heterocycles. The van der Waals surface area contributed by atoms with Crippen LogP contribution in [0.3, 0.4) is 0 Å². The van der Waals surface area contributed by atoms with E-state index in [9.17, 15) is 9.59 Å². The lowest BCUT2D eigenvalue weighted by Gasteiger charge is -2.08. The van der Waals surface area contributed by atoms with Gasteiger partial charge in [-0.3, -0.25) is 14.2 Å². The molecule has 0 fully saturated rings. The maximum Gasteiger partial charge on any atom is 0.287 e. The van der Waals surface area contributed by atoms with Crippen molar-refractivity contribution in [1.82, 2.24) is 14.9 Å². The first-order chi connectivity index (χ1) is 14.6. The summed E-state index contributed by atoms with van der Waals surface area (Å²) in [7, 11) is 0. The van der Waals surface area contributed by atoms with Crippen LogP contribution in [0.15, 0.2) is 76.2 Å². The largest absolute Gasteiger partial charge is 0.494 e. The van der Waals surface area contributed by atoms with Crippen LogP contribution in [0.1, 0.15) is 17.5 Å². The predicted molar refractivity (Wildman–Crippen MR) is 114 cm³/mol. The molecule has 4 aromatic rings. The van der Waals surface area contributed by atoms with E-state index in [1.807, 2.05) is 55.5 Å². The summed E-state index contributed by atoms with van der Waals surface area (Å²) in [5.41, 5.74) is 1.89. The summed E-state index contributed by atoms with van der Waals surface area (Å²) in [5.74, 6) is 0.695. The number of nitrogens with zero attached hydrogens (tertiary/aromatic N) is 2. The maximum atomic E-state index is 12.4. The summed E-state index contributed by atoms with van der Waals surface area (Å²) in [4.78, 5) is 29.1. The number of hydrogen-bond acceptors (Lipinski definition) is 5. The van der Waals surface area contributed by atoms with Crippen molar-refractivity contribution in [2.24, 2.45) is 0 Å². The van der Waals surface area contributed by atoms with E-state index in [2.05, 4.69) is 10.3 Å². The first-order valence-electron chi connectivity index (χ1n) is 9.70. The molecule has 0 saturated carbocycles. The Kier molecular flexibility index (Phi) is 5.61. The Labute approximate surface area is 172 Å². The van der Waals surface area contributed by atoms with Crippen molar-refractivity contribution in [3.8, 4) is 17.0 Å². The predicted octanol–water partition coefficient (Wildman–Crippen LogP) is 3.49. The van der Waals surface area contributed by atoms with Gasteiger partial charge in [-0.1, -0.05) is 18.2 Å². The minimum atomic E-state index is -0.321. The Morgan fingerprint density at radius 1 is 1.13 bits per heavy atom. The van der Waals surface area contributed by atoms with Crippen molar-refractivity contribution >= 4 is 16.9 Å². The van der Waals surface area contributed by atoms with Crippen molar-refractivity contribution < 1.29 is 13.9 Å². The number of hydrogen-bond donors (Lipinski definition) is 1.